The maximum Gasteiger partial charge on any atom is 0.269 e. The molecule has 2 heterocycles. The number of nitro groups is 1. The molecule has 0 N–H and O–H groups in total. The Hall–Kier alpha value is -3.19. The summed E-state index contributed by atoms with van der Waals surface area (Å²) in [5.41, 5.74) is 3.85. The Labute approximate surface area is 175 Å². The number of benzene rings is 3. The van der Waals surface area contributed by atoms with Crippen molar-refractivity contribution >= 4 is 27.3 Å². The summed E-state index contributed by atoms with van der Waals surface area (Å²) in [7, 11) is 0. The first kappa shape index (κ1) is 17.9. The van der Waals surface area contributed by atoms with Crippen molar-refractivity contribution in [3.05, 3.63) is 104 Å². The molecule has 3 aromatic rings. The van der Waals surface area contributed by atoms with Crippen molar-refractivity contribution in [2.45, 2.75) is 18.7 Å². The zero-order valence-corrected chi connectivity index (χ0v) is 16.8. The number of nitrogens with zero attached hydrogens (tertiary/aromatic N) is 3. The lowest BCUT2D eigenvalue weighted by Gasteiger charge is -2.38. The predicted molar refractivity (Wildman–Crippen MR) is 113 cm³/mol. The number of rotatable bonds is 3. The maximum absolute atomic E-state index is 11.2. The van der Waals surface area contributed by atoms with Gasteiger partial charge in [0.05, 0.1) is 16.7 Å². The lowest BCUT2D eigenvalue weighted by molar-refractivity contribution is -0.385. The van der Waals surface area contributed by atoms with Crippen LogP contribution in [0.15, 0.2) is 82.4 Å². The molecule has 0 fully saturated rings. The van der Waals surface area contributed by atoms with Gasteiger partial charge in [-0.2, -0.15) is 5.10 Å². The zero-order chi connectivity index (χ0) is 20.0. The van der Waals surface area contributed by atoms with Gasteiger partial charge >= 0.3 is 0 Å². The highest BCUT2D eigenvalue weighted by Gasteiger charge is 2.41. The molecule has 0 aromatic heterocycles. The lowest BCUT2D eigenvalue weighted by atomic mass is 9.96. The second-order valence-electron chi connectivity index (χ2n) is 7.01. The Morgan fingerprint density at radius 1 is 1.07 bits per heavy atom. The Morgan fingerprint density at radius 2 is 1.86 bits per heavy atom. The number of nitro benzene ring substituents is 1. The molecule has 3 aromatic carbocycles. The maximum atomic E-state index is 11.2. The molecule has 5 rings (SSSR count). The quantitative estimate of drug-likeness (QED) is 0.385. The number of hydrazone groups is 1. The minimum absolute atomic E-state index is 0.0165. The smallest absolute Gasteiger partial charge is 0.269 e. The largest absolute Gasteiger partial charge is 0.464 e. The summed E-state index contributed by atoms with van der Waals surface area (Å²) in [5, 5.41) is 18.1. The van der Waals surface area contributed by atoms with Crippen molar-refractivity contribution in [2.75, 3.05) is 0 Å². The van der Waals surface area contributed by atoms with Crippen LogP contribution in [0.3, 0.4) is 0 Å². The van der Waals surface area contributed by atoms with Gasteiger partial charge in [-0.15, -0.1) is 0 Å². The van der Waals surface area contributed by atoms with Gasteiger partial charge in [-0.1, -0.05) is 58.4 Å². The fraction of sp³-hybridized carbons (Fsp3) is 0.136. The van der Waals surface area contributed by atoms with Gasteiger partial charge in [0, 0.05) is 34.2 Å². The third-order valence-electron chi connectivity index (χ3n) is 5.24. The van der Waals surface area contributed by atoms with E-state index in [2.05, 4.69) is 22.0 Å². The van der Waals surface area contributed by atoms with Crippen LogP contribution in [-0.4, -0.2) is 15.6 Å². The number of fused-ring (bicyclic) bond motifs is 3. The zero-order valence-electron chi connectivity index (χ0n) is 15.2. The third-order valence-corrected chi connectivity index (χ3v) is 5.77. The summed E-state index contributed by atoms with van der Waals surface area (Å²) in [6, 6.07) is 22.6. The summed E-state index contributed by atoms with van der Waals surface area (Å²) in [4.78, 5) is 10.9. The molecule has 2 atom stereocenters. The molecule has 2 unspecified atom stereocenters. The van der Waals surface area contributed by atoms with Crippen LogP contribution in [0.1, 0.15) is 35.4 Å². The normalized spacial score (nSPS) is 19.8. The van der Waals surface area contributed by atoms with Crippen LogP contribution in [0.2, 0.25) is 0 Å². The van der Waals surface area contributed by atoms with E-state index in [4.69, 9.17) is 9.84 Å². The molecule has 6 nitrogen and oxygen atoms in total. The molecule has 2 aliphatic heterocycles. The molecule has 0 bridgehead atoms. The van der Waals surface area contributed by atoms with E-state index in [1.165, 1.54) is 6.07 Å². The highest BCUT2D eigenvalue weighted by atomic mass is 79.9. The van der Waals surface area contributed by atoms with Gasteiger partial charge in [0.15, 0.2) is 0 Å². The second kappa shape index (κ2) is 7.00. The number of halogens is 1. The van der Waals surface area contributed by atoms with Gasteiger partial charge in [-0.3, -0.25) is 10.1 Å². The van der Waals surface area contributed by atoms with Gasteiger partial charge < -0.3 is 4.74 Å². The van der Waals surface area contributed by atoms with E-state index in [9.17, 15) is 10.1 Å². The van der Waals surface area contributed by atoms with Gasteiger partial charge in [0.1, 0.15) is 5.75 Å². The standard InChI is InChI=1S/C22H16BrN3O3/c23-16-10-8-14(9-11-16)19-13-20-18-6-1-2-7-21(18)29-22(25(20)24-19)15-4-3-5-17(12-15)26(27)28/h1-12,20,22H,13H2. The first-order valence-electron chi connectivity index (χ1n) is 9.22. The molecule has 0 aliphatic carbocycles. The van der Waals surface area contributed by atoms with Crippen LogP contribution in [-0.2, 0) is 0 Å². The molecule has 7 heteroatoms. The van der Waals surface area contributed by atoms with Crippen LogP contribution in [0, 0.1) is 10.1 Å². The van der Waals surface area contributed by atoms with Crippen LogP contribution < -0.4 is 4.74 Å². The summed E-state index contributed by atoms with van der Waals surface area (Å²) < 4.78 is 7.27. The van der Waals surface area contributed by atoms with E-state index in [0.29, 0.717) is 5.56 Å². The van der Waals surface area contributed by atoms with E-state index in [0.717, 1.165) is 33.5 Å². The monoisotopic (exact) mass is 449 g/mol. The highest BCUT2D eigenvalue weighted by Crippen LogP contribution is 2.47. The molecular formula is C22H16BrN3O3. The average molecular weight is 450 g/mol. The predicted octanol–water partition coefficient (Wildman–Crippen LogP) is 5.60. The van der Waals surface area contributed by atoms with Crippen molar-refractivity contribution in [3.63, 3.8) is 0 Å². The summed E-state index contributed by atoms with van der Waals surface area (Å²) in [6.45, 7) is 0. The Kier molecular flexibility index (Phi) is 4.32. The van der Waals surface area contributed by atoms with Gasteiger partial charge in [-0.05, 0) is 23.8 Å². The summed E-state index contributed by atoms with van der Waals surface area (Å²) >= 11 is 3.47. The van der Waals surface area contributed by atoms with Crippen molar-refractivity contribution in [1.29, 1.82) is 0 Å². The summed E-state index contributed by atoms with van der Waals surface area (Å²) in [6.07, 6.45) is 0.218. The highest BCUT2D eigenvalue weighted by molar-refractivity contribution is 9.10. The molecule has 29 heavy (non-hydrogen) atoms. The second-order valence-corrected chi connectivity index (χ2v) is 7.93. The number of ether oxygens (including phenoxy) is 1. The average Bonchev–Trinajstić information content (AvgIpc) is 3.19. The van der Waals surface area contributed by atoms with E-state index in [-0.39, 0.29) is 11.7 Å². The number of hydrogen-bond acceptors (Lipinski definition) is 5. The van der Waals surface area contributed by atoms with Crippen molar-refractivity contribution in [3.8, 4) is 5.75 Å². The van der Waals surface area contributed by atoms with Crippen LogP contribution in [0.4, 0.5) is 5.69 Å². The molecular weight excluding hydrogens is 434 g/mol. The SMILES string of the molecule is O=[N+]([O-])c1cccc(C2Oc3ccccc3C3CC(c4ccc(Br)cc4)=NN32)c1. The fourth-order valence-corrected chi connectivity index (χ4v) is 4.13. The molecule has 0 amide bonds. The van der Waals surface area contributed by atoms with Crippen LogP contribution in [0.25, 0.3) is 0 Å². The van der Waals surface area contributed by atoms with Crippen LogP contribution in [0.5, 0.6) is 5.75 Å². The van der Waals surface area contributed by atoms with Gasteiger partial charge in [0.2, 0.25) is 6.23 Å². The Bertz CT molecular complexity index is 1130. The molecule has 0 spiro atoms. The molecule has 0 saturated heterocycles. The third kappa shape index (κ3) is 3.17. The number of para-hydroxylation sites is 1. The molecule has 2 aliphatic rings. The lowest BCUT2D eigenvalue weighted by Crippen LogP contribution is -2.33. The van der Waals surface area contributed by atoms with E-state index in [1.807, 2.05) is 53.5 Å². The summed E-state index contributed by atoms with van der Waals surface area (Å²) in [5.74, 6) is 0.789. The van der Waals surface area contributed by atoms with Crippen molar-refractivity contribution in [1.82, 2.24) is 5.01 Å². The van der Waals surface area contributed by atoms with E-state index < -0.39 is 11.2 Å². The molecule has 0 radical (unpaired) electrons. The van der Waals surface area contributed by atoms with E-state index >= 15 is 0 Å². The molecule has 0 saturated carbocycles. The van der Waals surface area contributed by atoms with E-state index in [1.54, 1.807) is 12.1 Å². The minimum atomic E-state index is -0.525. The topological polar surface area (TPSA) is 68.0 Å². The molecule has 144 valence electrons. The van der Waals surface area contributed by atoms with Crippen molar-refractivity contribution in [2.24, 2.45) is 5.10 Å². The number of hydrogen-bond donors (Lipinski definition) is 0. The Morgan fingerprint density at radius 3 is 2.66 bits per heavy atom. The Balaban J connectivity index is 1.59. The fourth-order valence-electron chi connectivity index (χ4n) is 3.86. The first-order chi connectivity index (χ1) is 14.1. The van der Waals surface area contributed by atoms with Crippen molar-refractivity contribution < 1.29 is 9.66 Å². The van der Waals surface area contributed by atoms with Gasteiger partial charge in [0.25, 0.3) is 5.69 Å². The van der Waals surface area contributed by atoms with Crippen LogP contribution >= 0.6 is 15.9 Å². The minimum Gasteiger partial charge on any atom is -0.464 e. The number of non-ortho nitro benzene ring substituents is 1. The van der Waals surface area contributed by atoms with Gasteiger partial charge in [-0.25, -0.2) is 5.01 Å². The first-order valence-corrected chi connectivity index (χ1v) is 10.0.